The van der Waals surface area contributed by atoms with Crippen molar-refractivity contribution in [1.82, 2.24) is 0 Å². The first-order valence-electron chi connectivity index (χ1n) is 4.79. The fraction of sp³-hybridized carbons (Fsp3) is 0.800. The molecule has 0 aromatic carbocycles. The first-order chi connectivity index (χ1) is 5.75. The van der Waals surface area contributed by atoms with E-state index in [4.69, 9.17) is 0 Å². The summed E-state index contributed by atoms with van der Waals surface area (Å²) in [6.45, 7) is 0. The van der Waals surface area contributed by atoms with Crippen LogP contribution in [0.15, 0.2) is 0 Å². The van der Waals surface area contributed by atoms with E-state index in [1.54, 1.807) is 0 Å². The van der Waals surface area contributed by atoms with Crippen molar-refractivity contribution in [3.63, 3.8) is 0 Å². The third-order valence-electron chi connectivity index (χ3n) is 3.19. The van der Waals surface area contributed by atoms with Gasteiger partial charge in [-0.3, -0.25) is 9.59 Å². The van der Waals surface area contributed by atoms with Gasteiger partial charge in [0.1, 0.15) is 11.6 Å². The second-order valence-corrected chi connectivity index (χ2v) is 4.11. The highest BCUT2D eigenvalue weighted by Gasteiger charge is 2.33. The zero-order valence-corrected chi connectivity index (χ0v) is 7.21. The topological polar surface area (TPSA) is 34.1 Å². The van der Waals surface area contributed by atoms with Crippen molar-refractivity contribution in [2.75, 3.05) is 0 Å². The summed E-state index contributed by atoms with van der Waals surface area (Å²) in [5.41, 5.74) is 0. The molecule has 2 saturated carbocycles. The van der Waals surface area contributed by atoms with Crippen LogP contribution in [-0.2, 0) is 9.59 Å². The van der Waals surface area contributed by atoms with Gasteiger partial charge in [-0.05, 0) is 24.7 Å². The zero-order valence-electron chi connectivity index (χ0n) is 7.21. The molecular weight excluding hydrogens is 152 g/mol. The van der Waals surface area contributed by atoms with Gasteiger partial charge in [0, 0.05) is 12.8 Å². The summed E-state index contributed by atoms with van der Waals surface area (Å²) in [7, 11) is 0. The van der Waals surface area contributed by atoms with Crippen LogP contribution >= 0.6 is 0 Å². The van der Waals surface area contributed by atoms with Crippen LogP contribution in [0.25, 0.3) is 0 Å². The maximum atomic E-state index is 11.2. The molecule has 0 bridgehead atoms. The second kappa shape index (κ2) is 3.00. The number of hydrogen-bond acceptors (Lipinski definition) is 2. The summed E-state index contributed by atoms with van der Waals surface area (Å²) in [5.74, 6) is 1.44. The molecule has 2 unspecified atom stereocenters. The van der Waals surface area contributed by atoms with Crippen molar-refractivity contribution in [1.29, 1.82) is 0 Å². The van der Waals surface area contributed by atoms with Crippen LogP contribution in [0.3, 0.4) is 0 Å². The Labute approximate surface area is 72.3 Å². The van der Waals surface area contributed by atoms with E-state index >= 15 is 0 Å². The number of ketones is 2. The Morgan fingerprint density at radius 2 is 1.42 bits per heavy atom. The predicted molar refractivity (Wildman–Crippen MR) is 44.7 cm³/mol. The average molecular weight is 166 g/mol. The van der Waals surface area contributed by atoms with E-state index in [0.717, 1.165) is 0 Å². The first-order valence-corrected chi connectivity index (χ1v) is 4.79. The summed E-state index contributed by atoms with van der Waals surface area (Å²) in [5, 5.41) is 0. The molecule has 0 radical (unpaired) electrons. The summed E-state index contributed by atoms with van der Waals surface area (Å²) in [6.07, 6.45) is 5.13. The van der Waals surface area contributed by atoms with E-state index in [0.29, 0.717) is 24.7 Å². The minimum atomic E-state index is 0.175. The van der Waals surface area contributed by atoms with Gasteiger partial charge in [0.2, 0.25) is 0 Å². The number of Topliss-reactive ketones (excluding diaryl/α,β-unsaturated/α-hetero) is 2. The summed E-state index contributed by atoms with van der Waals surface area (Å²) in [6, 6.07) is 0. The maximum Gasteiger partial charge on any atom is 0.140 e. The SMILES string of the molecule is O=C1CC(=O)CC2CCCC2C1. The number of rotatable bonds is 0. The number of carbonyl (C=O) groups excluding carboxylic acids is 2. The molecule has 2 heteroatoms. The molecule has 2 rings (SSSR count). The molecule has 0 aromatic rings. The van der Waals surface area contributed by atoms with Crippen molar-refractivity contribution < 1.29 is 9.59 Å². The third kappa shape index (κ3) is 1.43. The molecule has 2 atom stereocenters. The van der Waals surface area contributed by atoms with Gasteiger partial charge in [0.15, 0.2) is 0 Å². The lowest BCUT2D eigenvalue weighted by Crippen LogP contribution is -2.08. The zero-order chi connectivity index (χ0) is 8.55. The maximum absolute atomic E-state index is 11.2. The highest BCUT2D eigenvalue weighted by molar-refractivity contribution is 6.00. The van der Waals surface area contributed by atoms with Gasteiger partial charge in [-0.2, -0.15) is 0 Å². The first kappa shape index (κ1) is 7.96. The largest absolute Gasteiger partial charge is 0.299 e. The van der Waals surface area contributed by atoms with Gasteiger partial charge < -0.3 is 0 Å². The molecule has 0 spiro atoms. The van der Waals surface area contributed by atoms with E-state index in [1.807, 2.05) is 0 Å². The van der Waals surface area contributed by atoms with Crippen molar-refractivity contribution >= 4 is 11.6 Å². The molecule has 66 valence electrons. The van der Waals surface area contributed by atoms with E-state index in [2.05, 4.69) is 0 Å². The fourth-order valence-corrected chi connectivity index (χ4v) is 2.60. The van der Waals surface area contributed by atoms with Gasteiger partial charge in [0.25, 0.3) is 0 Å². The molecule has 2 fully saturated rings. The molecule has 0 N–H and O–H groups in total. The van der Waals surface area contributed by atoms with Gasteiger partial charge in [-0.25, -0.2) is 0 Å². The average Bonchev–Trinajstić information content (AvgIpc) is 2.31. The minimum absolute atomic E-state index is 0.175. The summed E-state index contributed by atoms with van der Waals surface area (Å²) in [4.78, 5) is 22.4. The van der Waals surface area contributed by atoms with Crippen molar-refractivity contribution in [3.05, 3.63) is 0 Å². The molecular formula is C10H14O2. The highest BCUT2D eigenvalue weighted by atomic mass is 16.1. The molecule has 0 aliphatic heterocycles. The molecule has 0 heterocycles. The van der Waals surface area contributed by atoms with Crippen molar-refractivity contribution in [2.24, 2.45) is 11.8 Å². The van der Waals surface area contributed by atoms with Crippen LogP contribution in [0.5, 0.6) is 0 Å². The van der Waals surface area contributed by atoms with Crippen molar-refractivity contribution in [2.45, 2.75) is 38.5 Å². The Bertz CT molecular complexity index is 198. The Balaban J connectivity index is 2.12. The molecule has 2 aliphatic carbocycles. The van der Waals surface area contributed by atoms with Gasteiger partial charge in [-0.15, -0.1) is 0 Å². The number of fused-ring (bicyclic) bond motifs is 1. The molecule has 0 saturated heterocycles. The molecule has 2 aliphatic rings. The van der Waals surface area contributed by atoms with E-state index < -0.39 is 0 Å². The normalized spacial score (nSPS) is 36.3. The standard InChI is InChI=1S/C10H14O2/c11-9-4-7-2-1-3-8(7)5-10(12)6-9/h7-8H,1-6H2. The lowest BCUT2D eigenvalue weighted by Gasteiger charge is -2.12. The number of hydrogen-bond donors (Lipinski definition) is 0. The van der Waals surface area contributed by atoms with Crippen LogP contribution in [0.4, 0.5) is 0 Å². The lowest BCUT2D eigenvalue weighted by molar-refractivity contribution is -0.126. The lowest BCUT2D eigenvalue weighted by atomic mass is 9.91. The highest BCUT2D eigenvalue weighted by Crippen LogP contribution is 2.38. The van der Waals surface area contributed by atoms with E-state index in [1.165, 1.54) is 19.3 Å². The summed E-state index contributed by atoms with van der Waals surface area (Å²) >= 11 is 0. The quantitative estimate of drug-likeness (QED) is 0.513. The second-order valence-electron chi connectivity index (χ2n) is 4.11. The van der Waals surface area contributed by atoms with Crippen LogP contribution < -0.4 is 0 Å². The minimum Gasteiger partial charge on any atom is -0.299 e. The predicted octanol–water partition coefficient (Wildman–Crippen LogP) is 1.72. The molecule has 0 amide bonds. The Morgan fingerprint density at radius 1 is 0.917 bits per heavy atom. The van der Waals surface area contributed by atoms with E-state index in [-0.39, 0.29) is 18.0 Å². The van der Waals surface area contributed by atoms with Gasteiger partial charge in [-0.1, -0.05) is 6.42 Å². The van der Waals surface area contributed by atoms with Gasteiger partial charge in [0.05, 0.1) is 6.42 Å². The molecule has 0 aromatic heterocycles. The van der Waals surface area contributed by atoms with E-state index in [9.17, 15) is 9.59 Å². The Hall–Kier alpha value is -0.660. The number of carbonyl (C=O) groups is 2. The van der Waals surface area contributed by atoms with Crippen LogP contribution in [0, 0.1) is 11.8 Å². The van der Waals surface area contributed by atoms with Crippen LogP contribution in [-0.4, -0.2) is 11.6 Å². The molecule has 12 heavy (non-hydrogen) atoms. The third-order valence-corrected chi connectivity index (χ3v) is 3.19. The van der Waals surface area contributed by atoms with Crippen molar-refractivity contribution in [3.8, 4) is 0 Å². The Kier molecular flexibility index (Phi) is 1.99. The van der Waals surface area contributed by atoms with Crippen LogP contribution in [0.2, 0.25) is 0 Å². The Morgan fingerprint density at radius 3 is 1.92 bits per heavy atom. The molecule has 2 nitrogen and oxygen atoms in total. The fourth-order valence-electron chi connectivity index (χ4n) is 2.60. The monoisotopic (exact) mass is 166 g/mol. The summed E-state index contributed by atoms with van der Waals surface area (Å²) < 4.78 is 0. The van der Waals surface area contributed by atoms with Gasteiger partial charge >= 0.3 is 0 Å². The smallest absolute Gasteiger partial charge is 0.140 e. The van der Waals surface area contributed by atoms with Crippen LogP contribution in [0.1, 0.15) is 38.5 Å².